The minimum absolute atomic E-state index is 0.0117. The van der Waals surface area contributed by atoms with Crippen LogP contribution in [0.1, 0.15) is 23.5 Å². The SMILES string of the molecule is Cc1cc(S(=O)(=O)NCCC2C(=O)Nc3ccccc32)ccc1F. The minimum atomic E-state index is -3.73. The molecule has 0 bridgehead atoms. The summed E-state index contributed by atoms with van der Waals surface area (Å²) in [4.78, 5) is 12.0. The number of fused-ring (bicyclic) bond motifs is 1. The molecule has 7 heteroatoms. The zero-order valence-corrected chi connectivity index (χ0v) is 13.9. The highest BCUT2D eigenvalue weighted by Crippen LogP contribution is 2.34. The van der Waals surface area contributed by atoms with Gasteiger partial charge in [0, 0.05) is 12.2 Å². The largest absolute Gasteiger partial charge is 0.325 e. The van der Waals surface area contributed by atoms with Crippen molar-refractivity contribution in [2.45, 2.75) is 24.2 Å². The quantitative estimate of drug-likeness (QED) is 0.872. The average Bonchev–Trinajstić information content (AvgIpc) is 2.86. The van der Waals surface area contributed by atoms with Gasteiger partial charge in [-0.05, 0) is 48.7 Å². The van der Waals surface area contributed by atoms with Crippen molar-refractivity contribution >= 4 is 21.6 Å². The van der Waals surface area contributed by atoms with E-state index in [1.807, 2.05) is 24.3 Å². The molecule has 0 fully saturated rings. The molecule has 24 heavy (non-hydrogen) atoms. The van der Waals surface area contributed by atoms with Gasteiger partial charge in [-0.2, -0.15) is 0 Å². The van der Waals surface area contributed by atoms with Crippen LogP contribution in [-0.4, -0.2) is 20.9 Å². The van der Waals surface area contributed by atoms with Gasteiger partial charge in [-0.15, -0.1) is 0 Å². The summed E-state index contributed by atoms with van der Waals surface area (Å²) in [6.45, 7) is 1.62. The molecule has 0 saturated carbocycles. The number of hydrogen-bond acceptors (Lipinski definition) is 3. The molecule has 2 aromatic carbocycles. The number of rotatable bonds is 5. The molecular weight excluding hydrogens is 331 g/mol. The van der Waals surface area contributed by atoms with Crippen LogP contribution in [-0.2, 0) is 14.8 Å². The molecule has 1 heterocycles. The Morgan fingerprint density at radius 3 is 2.71 bits per heavy atom. The fourth-order valence-corrected chi connectivity index (χ4v) is 3.90. The zero-order valence-electron chi connectivity index (χ0n) is 13.0. The third-order valence-corrected chi connectivity index (χ3v) is 5.53. The van der Waals surface area contributed by atoms with E-state index in [1.165, 1.54) is 19.1 Å². The summed E-state index contributed by atoms with van der Waals surface area (Å²) in [6.07, 6.45) is 0.349. The number of carbonyl (C=O) groups is 1. The number of aryl methyl sites for hydroxylation is 1. The standard InChI is InChI=1S/C17H17FN2O3S/c1-11-10-12(6-7-15(11)18)24(22,23)19-9-8-14-13-4-2-3-5-16(13)20-17(14)21/h2-7,10,14,19H,8-9H2,1H3,(H,20,21). The Morgan fingerprint density at radius 2 is 1.96 bits per heavy atom. The van der Waals surface area contributed by atoms with Crippen molar-refractivity contribution in [2.24, 2.45) is 0 Å². The molecule has 0 aliphatic carbocycles. The topological polar surface area (TPSA) is 75.3 Å². The number of anilines is 1. The summed E-state index contributed by atoms with van der Waals surface area (Å²) in [5, 5.41) is 2.78. The van der Waals surface area contributed by atoms with Gasteiger partial charge in [-0.25, -0.2) is 17.5 Å². The number of halogens is 1. The summed E-state index contributed by atoms with van der Waals surface area (Å²) in [5.41, 5.74) is 1.91. The maximum Gasteiger partial charge on any atom is 0.240 e. The van der Waals surface area contributed by atoms with Crippen molar-refractivity contribution in [3.05, 3.63) is 59.4 Å². The molecule has 0 radical (unpaired) electrons. The van der Waals surface area contributed by atoms with Crippen LogP contribution in [0.4, 0.5) is 10.1 Å². The predicted molar refractivity (Wildman–Crippen MR) is 88.8 cm³/mol. The number of amides is 1. The third kappa shape index (κ3) is 3.18. The third-order valence-electron chi connectivity index (χ3n) is 4.08. The van der Waals surface area contributed by atoms with Crippen LogP contribution in [0, 0.1) is 12.7 Å². The molecule has 0 saturated heterocycles. The molecule has 1 aliphatic heterocycles. The number of para-hydroxylation sites is 1. The first-order valence-corrected chi connectivity index (χ1v) is 9.02. The van der Waals surface area contributed by atoms with Crippen LogP contribution >= 0.6 is 0 Å². The maximum atomic E-state index is 13.3. The summed E-state index contributed by atoms with van der Waals surface area (Å²) in [6, 6.07) is 11.0. The van der Waals surface area contributed by atoms with Crippen molar-refractivity contribution in [3.63, 3.8) is 0 Å². The molecule has 126 valence electrons. The van der Waals surface area contributed by atoms with E-state index in [4.69, 9.17) is 0 Å². The van der Waals surface area contributed by atoms with Crippen LogP contribution < -0.4 is 10.0 Å². The van der Waals surface area contributed by atoms with Gasteiger partial charge >= 0.3 is 0 Å². The van der Waals surface area contributed by atoms with Gasteiger partial charge in [-0.1, -0.05) is 18.2 Å². The van der Waals surface area contributed by atoms with Gasteiger partial charge in [0.15, 0.2) is 0 Å². The van der Waals surface area contributed by atoms with Gasteiger partial charge in [0.2, 0.25) is 15.9 Å². The Kier molecular flexibility index (Phi) is 4.38. The molecular formula is C17H17FN2O3S. The lowest BCUT2D eigenvalue weighted by molar-refractivity contribution is -0.117. The first-order chi connectivity index (χ1) is 11.4. The second kappa shape index (κ2) is 6.33. The van der Waals surface area contributed by atoms with Crippen molar-refractivity contribution in [3.8, 4) is 0 Å². The highest BCUT2D eigenvalue weighted by atomic mass is 32.2. The fourth-order valence-electron chi connectivity index (χ4n) is 2.77. The number of hydrogen-bond donors (Lipinski definition) is 2. The van der Waals surface area contributed by atoms with E-state index in [-0.39, 0.29) is 28.8 Å². The van der Waals surface area contributed by atoms with Crippen LogP contribution in [0.25, 0.3) is 0 Å². The van der Waals surface area contributed by atoms with Crippen LogP contribution in [0.5, 0.6) is 0 Å². The second-order valence-corrected chi connectivity index (χ2v) is 7.49. The summed E-state index contributed by atoms with van der Waals surface area (Å²) < 4.78 is 40.3. The van der Waals surface area contributed by atoms with Crippen LogP contribution in [0.15, 0.2) is 47.4 Å². The lowest BCUT2D eigenvalue weighted by Crippen LogP contribution is -2.27. The van der Waals surface area contributed by atoms with Gasteiger partial charge in [0.25, 0.3) is 0 Å². The van der Waals surface area contributed by atoms with Crippen LogP contribution in [0.2, 0.25) is 0 Å². The minimum Gasteiger partial charge on any atom is -0.325 e. The molecule has 1 unspecified atom stereocenters. The molecule has 0 spiro atoms. The first kappa shape index (κ1) is 16.6. The number of nitrogens with one attached hydrogen (secondary N) is 2. The Balaban J connectivity index is 1.68. The van der Waals surface area contributed by atoms with E-state index in [9.17, 15) is 17.6 Å². The molecule has 5 nitrogen and oxygen atoms in total. The van der Waals surface area contributed by atoms with E-state index in [1.54, 1.807) is 0 Å². The Morgan fingerprint density at radius 1 is 1.21 bits per heavy atom. The van der Waals surface area contributed by atoms with E-state index < -0.39 is 15.8 Å². The molecule has 2 aromatic rings. The molecule has 1 atom stereocenters. The van der Waals surface area contributed by atoms with Crippen molar-refractivity contribution in [2.75, 3.05) is 11.9 Å². The van der Waals surface area contributed by atoms with Gasteiger partial charge in [0.1, 0.15) is 5.82 Å². The second-order valence-electron chi connectivity index (χ2n) is 5.73. The van der Waals surface area contributed by atoms with Crippen LogP contribution in [0.3, 0.4) is 0 Å². The summed E-state index contributed by atoms with van der Waals surface area (Å²) in [7, 11) is -3.73. The van der Waals surface area contributed by atoms with E-state index in [0.29, 0.717) is 6.42 Å². The van der Waals surface area contributed by atoms with E-state index in [2.05, 4.69) is 10.0 Å². The zero-order chi connectivity index (χ0) is 17.3. The Hall–Kier alpha value is -2.25. The van der Waals surface area contributed by atoms with E-state index >= 15 is 0 Å². The normalized spacial score (nSPS) is 16.8. The van der Waals surface area contributed by atoms with E-state index in [0.717, 1.165) is 17.3 Å². The fraction of sp³-hybridized carbons (Fsp3) is 0.235. The average molecular weight is 348 g/mol. The van der Waals surface area contributed by atoms with Gasteiger partial charge < -0.3 is 5.32 Å². The lowest BCUT2D eigenvalue weighted by Gasteiger charge is -2.11. The highest BCUT2D eigenvalue weighted by Gasteiger charge is 2.30. The Bertz CT molecular complexity index is 896. The van der Waals surface area contributed by atoms with Gasteiger partial charge in [0.05, 0.1) is 10.8 Å². The number of sulfonamides is 1. The number of carbonyl (C=O) groups excluding carboxylic acids is 1. The van der Waals surface area contributed by atoms with Crippen molar-refractivity contribution < 1.29 is 17.6 Å². The summed E-state index contributed by atoms with van der Waals surface area (Å²) in [5.74, 6) is -0.958. The van der Waals surface area contributed by atoms with Crippen molar-refractivity contribution in [1.82, 2.24) is 4.72 Å². The molecule has 3 rings (SSSR count). The number of benzene rings is 2. The summed E-state index contributed by atoms with van der Waals surface area (Å²) >= 11 is 0. The van der Waals surface area contributed by atoms with Gasteiger partial charge in [-0.3, -0.25) is 4.79 Å². The molecule has 0 aromatic heterocycles. The maximum absolute atomic E-state index is 13.3. The molecule has 1 aliphatic rings. The molecule has 2 N–H and O–H groups in total. The monoisotopic (exact) mass is 348 g/mol. The smallest absolute Gasteiger partial charge is 0.240 e. The lowest BCUT2D eigenvalue weighted by atomic mass is 9.97. The van der Waals surface area contributed by atoms with Crippen molar-refractivity contribution in [1.29, 1.82) is 0 Å². The molecule has 1 amide bonds. The Labute approximate surface area is 139 Å². The highest BCUT2D eigenvalue weighted by molar-refractivity contribution is 7.89. The first-order valence-electron chi connectivity index (χ1n) is 7.54. The predicted octanol–water partition coefficient (Wildman–Crippen LogP) is 2.54.